The van der Waals surface area contributed by atoms with Crippen molar-refractivity contribution in [3.8, 4) is 23.0 Å². The van der Waals surface area contributed by atoms with Crippen LogP contribution in [0.25, 0.3) is 16.9 Å². The molecule has 3 aromatic heterocycles. The summed E-state index contributed by atoms with van der Waals surface area (Å²) in [5.74, 6) is 2.67. The van der Waals surface area contributed by atoms with Crippen molar-refractivity contribution in [2.75, 3.05) is 13.7 Å². The van der Waals surface area contributed by atoms with Gasteiger partial charge in [0.2, 0.25) is 5.88 Å². The molecule has 25 heavy (non-hydrogen) atoms. The number of hydrogen-bond donors (Lipinski definition) is 0. The van der Waals surface area contributed by atoms with Crippen molar-refractivity contribution in [1.82, 2.24) is 20.1 Å². The Morgan fingerprint density at radius 3 is 2.80 bits per heavy atom. The van der Waals surface area contributed by atoms with E-state index in [9.17, 15) is 0 Å². The van der Waals surface area contributed by atoms with E-state index in [-0.39, 0.29) is 5.92 Å². The van der Waals surface area contributed by atoms with Crippen molar-refractivity contribution in [1.29, 1.82) is 0 Å². The molecule has 7 heteroatoms. The molecule has 0 bridgehead atoms. The number of ether oxygens (including phenoxy) is 2. The molecule has 3 heterocycles. The fourth-order valence-electron chi connectivity index (χ4n) is 2.51. The molecule has 4 rings (SSSR count). The van der Waals surface area contributed by atoms with E-state index in [0.29, 0.717) is 29.6 Å². The van der Waals surface area contributed by atoms with Crippen LogP contribution in [0.2, 0.25) is 0 Å². The normalized spacial score (nSPS) is 15.6. The van der Waals surface area contributed by atoms with E-state index in [0.717, 1.165) is 17.0 Å². The van der Waals surface area contributed by atoms with Crippen LogP contribution in [0.4, 0.5) is 0 Å². The molecule has 0 spiro atoms. The average molecular weight is 336 g/mol. The SMILES string of the molecule is COc1ccc(C2=C[C@@H]2COc2nc(C)ncc2-c2ccno2)nc1. The van der Waals surface area contributed by atoms with Gasteiger partial charge in [-0.25, -0.2) is 4.98 Å². The Balaban J connectivity index is 1.44. The van der Waals surface area contributed by atoms with Gasteiger partial charge in [0.25, 0.3) is 0 Å². The summed E-state index contributed by atoms with van der Waals surface area (Å²) in [5.41, 5.74) is 2.78. The van der Waals surface area contributed by atoms with E-state index in [1.54, 1.807) is 31.8 Å². The summed E-state index contributed by atoms with van der Waals surface area (Å²) in [7, 11) is 1.62. The molecule has 0 N–H and O–H groups in total. The maximum Gasteiger partial charge on any atom is 0.228 e. The van der Waals surface area contributed by atoms with E-state index in [1.807, 2.05) is 19.1 Å². The third kappa shape index (κ3) is 3.21. The van der Waals surface area contributed by atoms with E-state index in [4.69, 9.17) is 14.0 Å². The highest BCUT2D eigenvalue weighted by atomic mass is 16.5. The van der Waals surface area contributed by atoms with Gasteiger partial charge in [-0.05, 0) is 24.6 Å². The molecule has 0 radical (unpaired) electrons. The van der Waals surface area contributed by atoms with Crippen molar-refractivity contribution in [2.24, 2.45) is 5.92 Å². The Kier molecular flexibility index (Phi) is 3.89. The van der Waals surface area contributed by atoms with Gasteiger partial charge in [0.05, 0.1) is 25.2 Å². The Morgan fingerprint density at radius 2 is 2.08 bits per heavy atom. The minimum Gasteiger partial charge on any atom is -0.495 e. The van der Waals surface area contributed by atoms with Gasteiger partial charge in [-0.2, -0.15) is 4.98 Å². The van der Waals surface area contributed by atoms with Gasteiger partial charge in [-0.15, -0.1) is 0 Å². The van der Waals surface area contributed by atoms with E-state index >= 15 is 0 Å². The molecule has 1 aliphatic rings. The lowest BCUT2D eigenvalue weighted by molar-refractivity contribution is 0.297. The highest BCUT2D eigenvalue weighted by molar-refractivity contribution is 5.78. The van der Waals surface area contributed by atoms with Crippen molar-refractivity contribution < 1.29 is 14.0 Å². The van der Waals surface area contributed by atoms with Gasteiger partial charge < -0.3 is 14.0 Å². The zero-order chi connectivity index (χ0) is 17.2. The summed E-state index contributed by atoms with van der Waals surface area (Å²) in [6.07, 6.45) is 7.10. The first kappa shape index (κ1) is 15.3. The van der Waals surface area contributed by atoms with Crippen molar-refractivity contribution in [3.05, 3.63) is 54.4 Å². The first-order valence-corrected chi connectivity index (χ1v) is 7.84. The fourth-order valence-corrected chi connectivity index (χ4v) is 2.51. The molecular formula is C18H16N4O3. The van der Waals surface area contributed by atoms with Crippen LogP contribution in [-0.4, -0.2) is 33.8 Å². The zero-order valence-corrected chi connectivity index (χ0v) is 13.8. The Morgan fingerprint density at radius 1 is 1.16 bits per heavy atom. The Hall–Kier alpha value is -3.22. The van der Waals surface area contributed by atoms with Gasteiger partial charge in [0.15, 0.2) is 5.76 Å². The smallest absolute Gasteiger partial charge is 0.228 e. The maximum absolute atomic E-state index is 5.92. The first-order chi connectivity index (χ1) is 12.2. The molecule has 7 nitrogen and oxygen atoms in total. The molecule has 0 aromatic carbocycles. The molecule has 0 fully saturated rings. The maximum atomic E-state index is 5.92. The number of aromatic nitrogens is 4. The van der Waals surface area contributed by atoms with E-state index < -0.39 is 0 Å². The van der Waals surface area contributed by atoms with Gasteiger partial charge in [0, 0.05) is 18.2 Å². The van der Waals surface area contributed by atoms with Crippen LogP contribution in [0, 0.1) is 12.8 Å². The van der Waals surface area contributed by atoms with Crippen molar-refractivity contribution in [2.45, 2.75) is 6.92 Å². The van der Waals surface area contributed by atoms with Crippen LogP contribution < -0.4 is 9.47 Å². The van der Waals surface area contributed by atoms with E-state index in [1.165, 1.54) is 0 Å². The number of hydrogen-bond acceptors (Lipinski definition) is 7. The molecule has 0 aliphatic heterocycles. The van der Waals surface area contributed by atoms with Crippen LogP contribution >= 0.6 is 0 Å². The number of methoxy groups -OCH3 is 1. The largest absolute Gasteiger partial charge is 0.495 e. The van der Waals surface area contributed by atoms with Gasteiger partial charge in [-0.1, -0.05) is 11.2 Å². The lowest BCUT2D eigenvalue weighted by Gasteiger charge is -2.09. The van der Waals surface area contributed by atoms with Crippen LogP contribution in [0.15, 0.2) is 47.4 Å². The molecule has 0 unspecified atom stereocenters. The summed E-state index contributed by atoms with van der Waals surface area (Å²) in [5, 5.41) is 3.72. The van der Waals surface area contributed by atoms with Crippen molar-refractivity contribution >= 4 is 5.57 Å². The van der Waals surface area contributed by atoms with Crippen LogP contribution in [0.3, 0.4) is 0 Å². The van der Waals surface area contributed by atoms with E-state index in [2.05, 4.69) is 26.2 Å². The molecular weight excluding hydrogens is 320 g/mol. The highest BCUT2D eigenvalue weighted by Crippen LogP contribution is 2.38. The molecule has 126 valence electrons. The number of aryl methyl sites for hydroxylation is 1. The Bertz CT molecular complexity index is 905. The van der Waals surface area contributed by atoms with Crippen LogP contribution in [0.1, 0.15) is 11.5 Å². The summed E-state index contributed by atoms with van der Waals surface area (Å²) in [6.45, 7) is 2.31. The van der Waals surface area contributed by atoms with Crippen LogP contribution in [-0.2, 0) is 0 Å². The summed E-state index contributed by atoms with van der Waals surface area (Å²) < 4.78 is 16.2. The monoisotopic (exact) mass is 336 g/mol. The van der Waals surface area contributed by atoms with Gasteiger partial charge >= 0.3 is 0 Å². The number of rotatable bonds is 6. The number of nitrogens with zero attached hydrogens (tertiary/aromatic N) is 4. The van der Waals surface area contributed by atoms with Gasteiger partial charge in [0.1, 0.15) is 23.7 Å². The molecule has 0 saturated carbocycles. The van der Waals surface area contributed by atoms with Gasteiger partial charge in [-0.3, -0.25) is 4.98 Å². The summed E-state index contributed by atoms with van der Waals surface area (Å²) >= 11 is 0. The quantitative estimate of drug-likeness (QED) is 0.684. The van der Waals surface area contributed by atoms with Crippen LogP contribution in [0.5, 0.6) is 11.6 Å². The lowest BCUT2D eigenvalue weighted by Crippen LogP contribution is -2.06. The molecule has 3 aromatic rings. The Labute approximate surface area is 144 Å². The third-order valence-electron chi connectivity index (χ3n) is 3.92. The topological polar surface area (TPSA) is 83.2 Å². The second kappa shape index (κ2) is 6.35. The zero-order valence-electron chi connectivity index (χ0n) is 13.8. The second-order valence-corrected chi connectivity index (χ2v) is 5.64. The lowest BCUT2D eigenvalue weighted by atomic mass is 10.2. The first-order valence-electron chi connectivity index (χ1n) is 7.84. The minimum atomic E-state index is 0.221. The minimum absolute atomic E-state index is 0.221. The summed E-state index contributed by atoms with van der Waals surface area (Å²) in [6, 6.07) is 5.59. The van der Waals surface area contributed by atoms with Crippen molar-refractivity contribution in [3.63, 3.8) is 0 Å². The summed E-state index contributed by atoms with van der Waals surface area (Å²) in [4.78, 5) is 13.0. The highest BCUT2D eigenvalue weighted by Gasteiger charge is 2.28. The molecule has 0 saturated heterocycles. The fraction of sp³-hybridized carbons (Fsp3) is 0.222. The standard InChI is InChI=1S/C18H16N4O3/c1-11-19-9-15(17-5-6-21-25-17)18(22-11)24-10-12-7-14(12)16-4-3-13(23-2)8-20-16/h3-9,12H,10H2,1-2H3/t12-/m1/s1. The predicted molar refractivity (Wildman–Crippen MR) is 90.0 cm³/mol. The molecule has 0 amide bonds. The average Bonchev–Trinajstić information content (AvgIpc) is 3.21. The molecule has 1 aliphatic carbocycles. The predicted octanol–water partition coefficient (Wildman–Crippen LogP) is 2.94. The third-order valence-corrected chi connectivity index (χ3v) is 3.92. The molecule has 1 atom stereocenters. The number of pyridine rings is 1. The second-order valence-electron chi connectivity index (χ2n) is 5.64.